The largest absolute Gasteiger partial charge is 0.338 e. The standard InChI is InChI=1S/C18H23ClN6O/c19-16-4-2-1-3-15(16)18(26)24-10-7-14(8-11-24)20-13-5-6-17-21-22-23-25(17)12-9-13/h1-4,13-14,20H,5-12H2. The molecule has 1 saturated heterocycles. The number of likely N-dealkylation sites (tertiary alicyclic amines) is 1. The van der Waals surface area contributed by atoms with E-state index in [9.17, 15) is 4.79 Å². The number of carbonyl (C=O) groups excluding carboxylic acids is 1. The van der Waals surface area contributed by atoms with Crippen LogP contribution in [0.2, 0.25) is 5.02 Å². The van der Waals surface area contributed by atoms with Crippen LogP contribution in [0.4, 0.5) is 0 Å². The van der Waals surface area contributed by atoms with E-state index in [4.69, 9.17) is 11.6 Å². The second-order valence-electron chi connectivity index (χ2n) is 7.06. The molecule has 1 N–H and O–H groups in total. The Morgan fingerprint density at radius 1 is 1.08 bits per heavy atom. The first-order chi connectivity index (χ1) is 12.7. The smallest absolute Gasteiger partial charge is 0.255 e. The Hall–Kier alpha value is -1.99. The minimum atomic E-state index is 0.0347. The number of hydrogen-bond donors (Lipinski definition) is 1. The number of hydrogen-bond acceptors (Lipinski definition) is 5. The molecule has 7 nitrogen and oxygen atoms in total. The summed E-state index contributed by atoms with van der Waals surface area (Å²) in [7, 11) is 0. The second kappa shape index (κ2) is 7.72. The van der Waals surface area contributed by atoms with Gasteiger partial charge in [-0.2, -0.15) is 0 Å². The molecule has 2 aromatic rings. The van der Waals surface area contributed by atoms with Crippen molar-refractivity contribution in [3.05, 3.63) is 40.7 Å². The number of rotatable bonds is 3. The van der Waals surface area contributed by atoms with Crippen LogP contribution in [0, 0.1) is 0 Å². The Balaban J connectivity index is 1.28. The van der Waals surface area contributed by atoms with Crippen LogP contribution in [-0.4, -0.2) is 56.2 Å². The van der Waals surface area contributed by atoms with Gasteiger partial charge in [-0.15, -0.1) is 5.10 Å². The van der Waals surface area contributed by atoms with Gasteiger partial charge in [-0.05, 0) is 48.2 Å². The first-order valence-corrected chi connectivity index (χ1v) is 9.63. The molecule has 0 spiro atoms. The van der Waals surface area contributed by atoms with E-state index in [1.807, 2.05) is 21.7 Å². The number of halogens is 1. The van der Waals surface area contributed by atoms with Gasteiger partial charge in [-0.3, -0.25) is 4.79 Å². The van der Waals surface area contributed by atoms with Crippen molar-refractivity contribution < 1.29 is 4.79 Å². The van der Waals surface area contributed by atoms with Crippen LogP contribution < -0.4 is 5.32 Å². The van der Waals surface area contributed by atoms with Gasteiger partial charge in [0.15, 0.2) is 5.82 Å². The minimum absolute atomic E-state index is 0.0347. The highest BCUT2D eigenvalue weighted by Gasteiger charge is 2.27. The van der Waals surface area contributed by atoms with Crippen molar-refractivity contribution in [3.8, 4) is 0 Å². The summed E-state index contributed by atoms with van der Waals surface area (Å²) in [5.41, 5.74) is 0.597. The fraction of sp³-hybridized carbons (Fsp3) is 0.556. The molecule has 26 heavy (non-hydrogen) atoms. The quantitative estimate of drug-likeness (QED) is 0.888. The van der Waals surface area contributed by atoms with Crippen molar-refractivity contribution >= 4 is 17.5 Å². The van der Waals surface area contributed by atoms with Gasteiger partial charge in [0, 0.05) is 38.1 Å². The summed E-state index contributed by atoms with van der Waals surface area (Å²) in [5.74, 6) is 1.02. The van der Waals surface area contributed by atoms with E-state index in [1.165, 1.54) is 0 Å². The first kappa shape index (κ1) is 17.4. The number of nitrogens with one attached hydrogen (secondary N) is 1. The molecule has 1 aromatic heterocycles. The zero-order chi connectivity index (χ0) is 17.9. The van der Waals surface area contributed by atoms with Gasteiger partial charge in [0.1, 0.15) is 0 Å². The Morgan fingerprint density at radius 3 is 2.62 bits per heavy atom. The molecule has 2 aliphatic rings. The fourth-order valence-corrected chi connectivity index (χ4v) is 4.07. The Morgan fingerprint density at radius 2 is 1.81 bits per heavy atom. The molecule has 0 saturated carbocycles. The van der Waals surface area contributed by atoms with Gasteiger partial charge in [-0.1, -0.05) is 23.7 Å². The van der Waals surface area contributed by atoms with Crippen molar-refractivity contribution in [1.29, 1.82) is 0 Å². The van der Waals surface area contributed by atoms with Crippen molar-refractivity contribution in [3.63, 3.8) is 0 Å². The van der Waals surface area contributed by atoms with Crippen molar-refractivity contribution in [1.82, 2.24) is 30.4 Å². The molecule has 138 valence electrons. The van der Waals surface area contributed by atoms with Crippen molar-refractivity contribution in [2.75, 3.05) is 13.1 Å². The van der Waals surface area contributed by atoms with Crippen LogP contribution in [0.5, 0.6) is 0 Å². The third-order valence-corrected chi connectivity index (χ3v) is 5.70. The summed E-state index contributed by atoms with van der Waals surface area (Å²) in [4.78, 5) is 14.6. The number of piperidine rings is 1. The summed E-state index contributed by atoms with van der Waals surface area (Å²) >= 11 is 6.16. The van der Waals surface area contributed by atoms with E-state index in [0.717, 1.165) is 57.6 Å². The van der Waals surface area contributed by atoms with Gasteiger partial charge < -0.3 is 10.2 Å². The van der Waals surface area contributed by atoms with Crippen molar-refractivity contribution in [2.24, 2.45) is 0 Å². The number of benzene rings is 1. The Labute approximate surface area is 157 Å². The molecule has 3 heterocycles. The predicted molar refractivity (Wildman–Crippen MR) is 98.1 cm³/mol. The molecular formula is C18H23ClN6O. The van der Waals surface area contributed by atoms with Crippen LogP contribution in [0.3, 0.4) is 0 Å². The lowest BCUT2D eigenvalue weighted by Gasteiger charge is -2.34. The molecule has 0 bridgehead atoms. The summed E-state index contributed by atoms with van der Waals surface area (Å²) < 4.78 is 1.91. The van der Waals surface area contributed by atoms with Crippen LogP contribution >= 0.6 is 11.6 Å². The molecule has 0 radical (unpaired) electrons. The highest BCUT2D eigenvalue weighted by molar-refractivity contribution is 6.33. The molecule has 1 amide bonds. The lowest BCUT2D eigenvalue weighted by molar-refractivity contribution is 0.0701. The summed E-state index contributed by atoms with van der Waals surface area (Å²) in [6, 6.07) is 8.19. The maximum absolute atomic E-state index is 12.7. The Kier molecular flexibility index (Phi) is 5.17. The summed E-state index contributed by atoms with van der Waals surface area (Å²) in [6.07, 6.45) is 4.94. The van der Waals surface area contributed by atoms with E-state index in [2.05, 4.69) is 20.8 Å². The normalized spacial score (nSPS) is 21.3. The number of aryl methyl sites for hydroxylation is 2. The summed E-state index contributed by atoms with van der Waals surface area (Å²) in [6.45, 7) is 2.40. The van der Waals surface area contributed by atoms with E-state index < -0.39 is 0 Å². The highest BCUT2D eigenvalue weighted by Crippen LogP contribution is 2.21. The monoisotopic (exact) mass is 374 g/mol. The number of fused-ring (bicyclic) bond motifs is 1. The van der Waals surface area contributed by atoms with Gasteiger partial charge in [0.2, 0.25) is 0 Å². The molecule has 1 aromatic carbocycles. The predicted octanol–water partition coefficient (Wildman–Crippen LogP) is 1.93. The van der Waals surface area contributed by atoms with Crippen LogP contribution in [0.1, 0.15) is 41.9 Å². The minimum Gasteiger partial charge on any atom is -0.338 e. The third-order valence-electron chi connectivity index (χ3n) is 5.37. The molecule has 1 fully saturated rings. The number of carbonyl (C=O) groups is 1. The molecule has 8 heteroatoms. The van der Waals surface area contributed by atoms with Gasteiger partial charge in [-0.25, -0.2) is 4.68 Å². The lowest BCUT2D eigenvalue weighted by Crippen LogP contribution is -2.48. The van der Waals surface area contributed by atoms with Crippen LogP contribution in [0.25, 0.3) is 0 Å². The van der Waals surface area contributed by atoms with E-state index >= 15 is 0 Å². The van der Waals surface area contributed by atoms with E-state index in [-0.39, 0.29) is 5.91 Å². The highest BCUT2D eigenvalue weighted by atomic mass is 35.5. The van der Waals surface area contributed by atoms with Gasteiger partial charge in [0.05, 0.1) is 10.6 Å². The maximum Gasteiger partial charge on any atom is 0.255 e. The number of amides is 1. The number of nitrogens with zero attached hydrogens (tertiary/aromatic N) is 5. The van der Waals surface area contributed by atoms with Crippen LogP contribution in [-0.2, 0) is 13.0 Å². The molecule has 1 atom stereocenters. The molecule has 1 unspecified atom stereocenters. The average Bonchev–Trinajstić information content (AvgIpc) is 3.04. The molecule has 2 aliphatic heterocycles. The molecular weight excluding hydrogens is 352 g/mol. The van der Waals surface area contributed by atoms with Crippen LogP contribution in [0.15, 0.2) is 24.3 Å². The van der Waals surface area contributed by atoms with E-state index in [1.54, 1.807) is 12.1 Å². The molecule has 0 aliphatic carbocycles. The average molecular weight is 375 g/mol. The molecule has 4 rings (SSSR count). The van der Waals surface area contributed by atoms with E-state index in [0.29, 0.717) is 22.7 Å². The number of tetrazole rings is 1. The topological polar surface area (TPSA) is 75.9 Å². The fourth-order valence-electron chi connectivity index (χ4n) is 3.86. The third kappa shape index (κ3) is 3.73. The van der Waals surface area contributed by atoms with Gasteiger partial charge >= 0.3 is 0 Å². The maximum atomic E-state index is 12.7. The zero-order valence-corrected chi connectivity index (χ0v) is 15.4. The Bertz CT molecular complexity index is 748. The number of aromatic nitrogens is 4. The lowest BCUT2D eigenvalue weighted by atomic mass is 10.0. The zero-order valence-electron chi connectivity index (χ0n) is 14.6. The van der Waals surface area contributed by atoms with Gasteiger partial charge in [0.25, 0.3) is 5.91 Å². The first-order valence-electron chi connectivity index (χ1n) is 9.25. The summed E-state index contributed by atoms with van der Waals surface area (Å²) in [5, 5.41) is 16.2. The second-order valence-corrected chi connectivity index (χ2v) is 7.46. The van der Waals surface area contributed by atoms with Crippen molar-refractivity contribution in [2.45, 2.75) is 50.7 Å². The SMILES string of the molecule is O=C(c1ccccc1Cl)N1CCC(NC2CCc3nnnn3CC2)CC1.